The zero-order chi connectivity index (χ0) is 14.0. The second kappa shape index (κ2) is 8.56. The molecule has 0 aliphatic carbocycles. The molecule has 0 saturated carbocycles. The molecule has 0 heterocycles. The number of alkyl halides is 3. The first-order valence-electron chi connectivity index (χ1n) is 5.73. The Balaban J connectivity index is 4.20. The smallest absolute Gasteiger partial charge is 0.171 e. The molecule has 18 heavy (non-hydrogen) atoms. The van der Waals surface area contributed by atoms with Crippen LogP contribution in [0.3, 0.4) is 0 Å². The predicted octanol–water partition coefficient (Wildman–Crippen LogP) is 5.52. The Hall–Kier alpha value is -1.51. The van der Waals surface area contributed by atoms with Gasteiger partial charge in [-0.15, -0.1) is 0 Å². The van der Waals surface area contributed by atoms with Crippen molar-refractivity contribution in [2.45, 2.75) is 32.4 Å². The predicted molar refractivity (Wildman–Crippen MR) is 71.3 cm³/mol. The van der Waals surface area contributed by atoms with Gasteiger partial charge in [0.05, 0.1) is 0 Å². The van der Waals surface area contributed by atoms with E-state index in [1.54, 1.807) is 24.3 Å². The van der Waals surface area contributed by atoms with E-state index in [0.29, 0.717) is 6.42 Å². The van der Waals surface area contributed by atoms with Crippen LogP contribution in [0.5, 0.6) is 0 Å². The van der Waals surface area contributed by atoms with Crippen LogP contribution in [-0.2, 0) is 0 Å². The van der Waals surface area contributed by atoms with Crippen molar-refractivity contribution in [1.29, 1.82) is 0 Å². The molecule has 0 aliphatic rings. The molecule has 0 spiro atoms. The zero-order valence-electron chi connectivity index (χ0n) is 10.6. The summed E-state index contributed by atoms with van der Waals surface area (Å²) in [6.07, 6.45) is 6.25. The number of hydrogen-bond donors (Lipinski definition) is 0. The lowest BCUT2D eigenvalue weighted by Gasteiger charge is -2.02. The maximum absolute atomic E-state index is 11.9. The molecule has 0 aromatic carbocycles. The summed E-state index contributed by atoms with van der Waals surface area (Å²) in [5, 5.41) is 0. The lowest BCUT2D eigenvalue weighted by Crippen LogP contribution is -2.05. The van der Waals surface area contributed by atoms with Gasteiger partial charge in [-0.1, -0.05) is 55.2 Å². The van der Waals surface area contributed by atoms with Crippen LogP contribution in [0, 0.1) is 0 Å². The largest absolute Gasteiger partial charge is 0.389 e. The molecule has 0 nitrogen and oxygen atoms in total. The zero-order valence-corrected chi connectivity index (χ0v) is 10.6. The van der Waals surface area contributed by atoms with Gasteiger partial charge >= 0.3 is 6.18 Å². The van der Waals surface area contributed by atoms with E-state index in [2.05, 4.69) is 13.2 Å². The third kappa shape index (κ3) is 9.70. The first kappa shape index (κ1) is 16.5. The van der Waals surface area contributed by atoms with Crippen LogP contribution in [0.2, 0.25) is 0 Å². The van der Waals surface area contributed by atoms with Gasteiger partial charge in [-0.2, -0.15) is 13.2 Å². The van der Waals surface area contributed by atoms with E-state index in [9.17, 15) is 13.2 Å². The summed E-state index contributed by atoms with van der Waals surface area (Å²) < 4.78 is 35.6. The van der Waals surface area contributed by atoms with Gasteiger partial charge in [-0.25, -0.2) is 0 Å². The summed E-state index contributed by atoms with van der Waals surface area (Å²) >= 11 is 0. The highest BCUT2D eigenvalue weighted by atomic mass is 19.4. The van der Waals surface area contributed by atoms with Crippen LogP contribution in [-0.4, -0.2) is 6.18 Å². The summed E-state index contributed by atoms with van der Waals surface area (Å²) in [5.41, 5.74) is 1.98. The fourth-order valence-electron chi connectivity index (χ4n) is 1.11. The summed E-state index contributed by atoms with van der Waals surface area (Å²) in [6.45, 7) is 9.22. The highest BCUT2D eigenvalue weighted by Crippen LogP contribution is 2.21. The Bertz CT molecular complexity index is 354. The van der Waals surface area contributed by atoms with Crippen LogP contribution in [0.4, 0.5) is 13.2 Å². The summed E-state index contributed by atoms with van der Waals surface area (Å²) in [5.74, 6) is 0. The molecule has 0 fully saturated rings. The third-order valence-electron chi connectivity index (χ3n) is 2.26. The molecule has 0 atom stereocenters. The highest BCUT2D eigenvalue weighted by Gasteiger charge is 2.25. The molecule has 0 aromatic rings. The first-order chi connectivity index (χ1) is 8.39. The average Bonchev–Trinajstić information content (AvgIpc) is 2.30. The molecule has 100 valence electrons. The van der Waals surface area contributed by atoms with Gasteiger partial charge in [-0.3, -0.25) is 0 Å². The molecular weight excluding hydrogens is 237 g/mol. The monoisotopic (exact) mass is 256 g/mol. The fourth-order valence-corrected chi connectivity index (χ4v) is 1.11. The normalized spacial score (nSPS) is 14.0. The average molecular weight is 256 g/mol. The summed E-state index contributed by atoms with van der Waals surface area (Å²) in [4.78, 5) is 0. The van der Waals surface area contributed by atoms with Crippen molar-refractivity contribution >= 4 is 0 Å². The summed E-state index contributed by atoms with van der Waals surface area (Å²) in [7, 11) is 0. The number of allylic oxidation sites excluding steroid dienone is 8. The quantitative estimate of drug-likeness (QED) is 0.415. The van der Waals surface area contributed by atoms with Crippen LogP contribution in [0.25, 0.3) is 0 Å². The Morgan fingerprint density at radius 3 is 2.22 bits per heavy atom. The fraction of sp³-hybridized carbons (Fsp3) is 0.333. The van der Waals surface area contributed by atoms with Crippen LogP contribution < -0.4 is 0 Å². The molecule has 3 heteroatoms. The Morgan fingerprint density at radius 1 is 1.06 bits per heavy atom. The molecule has 0 aromatic heterocycles. The standard InChI is InChI=1S/C15H19F3/c1-4-13(3)10-11-14(5-2)9-7-6-8-12-15(16,17)18/h4-7,10-11H,1-2,8-9,12H2,3H3/b7-6+,13-10-,14-11+. The van der Waals surface area contributed by atoms with Crippen molar-refractivity contribution in [3.8, 4) is 0 Å². The van der Waals surface area contributed by atoms with Crippen molar-refractivity contribution in [2.75, 3.05) is 0 Å². The third-order valence-corrected chi connectivity index (χ3v) is 2.26. The molecule has 0 rings (SSSR count). The minimum atomic E-state index is -4.08. The Kier molecular flexibility index (Phi) is 7.84. The number of rotatable bonds is 7. The lowest BCUT2D eigenvalue weighted by atomic mass is 10.1. The van der Waals surface area contributed by atoms with Gasteiger partial charge in [0.2, 0.25) is 0 Å². The van der Waals surface area contributed by atoms with E-state index in [-0.39, 0.29) is 6.42 Å². The van der Waals surface area contributed by atoms with E-state index >= 15 is 0 Å². The SMILES string of the molecule is C=C/C(C)=C\C=C(/C=C)C/C=C/CCC(F)(F)F. The molecule has 0 aliphatic heterocycles. The molecule has 0 unspecified atom stereocenters. The molecule has 0 radical (unpaired) electrons. The van der Waals surface area contributed by atoms with Crippen molar-refractivity contribution in [1.82, 2.24) is 0 Å². The highest BCUT2D eigenvalue weighted by molar-refractivity contribution is 5.28. The maximum Gasteiger partial charge on any atom is 0.389 e. The van der Waals surface area contributed by atoms with Crippen LogP contribution in [0.1, 0.15) is 26.2 Å². The Labute approximate surface area is 107 Å². The molecule has 0 N–H and O–H groups in total. The van der Waals surface area contributed by atoms with Crippen LogP contribution in [0.15, 0.2) is 60.8 Å². The second-order valence-electron chi connectivity index (χ2n) is 3.89. The maximum atomic E-state index is 11.9. The van der Waals surface area contributed by atoms with E-state index < -0.39 is 12.6 Å². The number of hydrogen-bond acceptors (Lipinski definition) is 0. The van der Waals surface area contributed by atoms with E-state index in [0.717, 1.165) is 11.1 Å². The van der Waals surface area contributed by atoms with Gasteiger partial charge in [0.15, 0.2) is 0 Å². The van der Waals surface area contributed by atoms with Gasteiger partial charge in [0, 0.05) is 6.42 Å². The summed E-state index contributed by atoms with van der Waals surface area (Å²) in [6, 6.07) is 0. The van der Waals surface area contributed by atoms with Crippen LogP contribution >= 0.6 is 0 Å². The van der Waals surface area contributed by atoms with E-state index in [1.165, 1.54) is 0 Å². The molecule has 0 bridgehead atoms. The van der Waals surface area contributed by atoms with Gasteiger partial charge in [0.1, 0.15) is 0 Å². The van der Waals surface area contributed by atoms with Gasteiger partial charge < -0.3 is 0 Å². The second-order valence-corrected chi connectivity index (χ2v) is 3.89. The first-order valence-corrected chi connectivity index (χ1v) is 5.73. The Morgan fingerprint density at radius 2 is 1.72 bits per heavy atom. The van der Waals surface area contributed by atoms with Crippen molar-refractivity contribution in [2.24, 2.45) is 0 Å². The molecular formula is C15H19F3. The van der Waals surface area contributed by atoms with Gasteiger partial charge in [-0.05, 0) is 25.3 Å². The topological polar surface area (TPSA) is 0 Å². The molecule has 0 amide bonds. The van der Waals surface area contributed by atoms with Crippen molar-refractivity contribution in [3.63, 3.8) is 0 Å². The minimum absolute atomic E-state index is 0.0233. The van der Waals surface area contributed by atoms with E-state index in [1.807, 2.05) is 19.1 Å². The van der Waals surface area contributed by atoms with Gasteiger partial charge in [0.25, 0.3) is 0 Å². The lowest BCUT2D eigenvalue weighted by molar-refractivity contribution is -0.133. The van der Waals surface area contributed by atoms with Crippen molar-refractivity contribution in [3.05, 3.63) is 60.8 Å². The molecule has 0 saturated heterocycles. The van der Waals surface area contributed by atoms with E-state index in [4.69, 9.17) is 0 Å². The minimum Gasteiger partial charge on any atom is -0.171 e. The number of halogens is 3. The van der Waals surface area contributed by atoms with Crippen molar-refractivity contribution < 1.29 is 13.2 Å².